The first-order valence-electron chi connectivity index (χ1n) is 11.9. The first kappa shape index (κ1) is 24.7. The van der Waals surface area contributed by atoms with E-state index >= 15 is 4.39 Å². The average Bonchev–Trinajstić information content (AvgIpc) is 3.55. The van der Waals surface area contributed by atoms with Gasteiger partial charge < -0.3 is 19.6 Å². The Morgan fingerprint density at radius 3 is 2.77 bits per heavy atom. The zero-order valence-corrected chi connectivity index (χ0v) is 20.1. The maximum absolute atomic E-state index is 15.2. The van der Waals surface area contributed by atoms with Gasteiger partial charge in [0.15, 0.2) is 17.4 Å². The number of rotatable bonds is 6. The van der Waals surface area contributed by atoms with Gasteiger partial charge in [-0.2, -0.15) is 5.10 Å². The van der Waals surface area contributed by atoms with Crippen LogP contribution in [0.2, 0.25) is 0 Å². The molecular weight excluding hydrogens is 518 g/mol. The highest BCUT2D eigenvalue weighted by molar-refractivity contribution is 5.82. The summed E-state index contributed by atoms with van der Waals surface area (Å²) in [5.74, 6) is -5.08. The molecule has 3 heterocycles. The molecule has 3 aromatic carbocycles. The van der Waals surface area contributed by atoms with Crippen molar-refractivity contribution >= 4 is 16.9 Å². The second kappa shape index (κ2) is 9.59. The minimum absolute atomic E-state index is 0.00309. The fraction of sp³-hybridized carbons (Fsp3) is 0.143. The Labute approximate surface area is 218 Å². The summed E-state index contributed by atoms with van der Waals surface area (Å²) in [5.41, 5.74) is 1.33. The average molecular weight is 537 g/mol. The van der Waals surface area contributed by atoms with Gasteiger partial charge in [0.05, 0.1) is 24.2 Å². The third-order valence-electron chi connectivity index (χ3n) is 6.55. The van der Waals surface area contributed by atoms with E-state index in [0.717, 1.165) is 12.1 Å². The number of benzene rings is 3. The van der Waals surface area contributed by atoms with E-state index in [2.05, 4.69) is 10.1 Å². The van der Waals surface area contributed by atoms with Crippen LogP contribution in [-0.4, -0.2) is 32.4 Å². The summed E-state index contributed by atoms with van der Waals surface area (Å²) in [6, 6.07) is 10.5. The zero-order chi connectivity index (χ0) is 27.3. The number of aliphatic carboxylic acids is 1. The number of carboxylic acids is 1. The van der Waals surface area contributed by atoms with Gasteiger partial charge in [-0.1, -0.05) is 18.2 Å². The molecule has 5 aromatic rings. The Morgan fingerprint density at radius 1 is 1.10 bits per heavy atom. The highest BCUT2D eigenvalue weighted by Crippen LogP contribution is 2.36. The molecule has 0 amide bonds. The summed E-state index contributed by atoms with van der Waals surface area (Å²) < 4.78 is 72.1. The van der Waals surface area contributed by atoms with Crippen LogP contribution >= 0.6 is 0 Å². The Kier molecular flexibility index (Phi) is 6.07. The van der Waals surface area contributed by atoms with Crippen molar-refractivity contribution < 1.29 is 36.9 Å². The molecule has 1 unspecified atom stereocenters. The topological polar surface area (TPSA) is 89.4 Å². The van der Waals surface area contributed by atoms with Crippen molar-refractivity contribution in [3.63, 3.8) is 0 Å². The van der Waals surface area contributed by atoms with Gasteiger partial charge in [0.2, 0.25) is 0 Å². The number of nitrogens with one attached hydrogen (secondary N) is 1. The second-order valence-corrected chi connectivity index (χ2v) is 9.03. The van der Waals surface area contributed by atoms with Crippen molar-refractivity contribution in [1.82, 2.24) is 14.8 Å². The molecule has 198 valence electrons. The molecule has 2 N–H and O–H groups in total. The molecule has 11 heteroatoms. The number of H-pyrrole nitrogens is 1. The molecule has 0 radical (unpaired) electrons. The van der Waals surface area contributed by atoms with E-state index in [4.69, 9.17) is 14.6 Å². The van der Waals surface area contributed by atoms with Crippen LogP contribution in [0.1, 0.15) is 28.5 Å². The van der Waals surface area contributed by atoms with Gasteiger partial charge in [-0.25, -0.2) is 22.2 Å². The molecule has 1 aliphatic heterocycles. The lowest BCUT2D eigenvalue weighted by Gasteiger charge is -2.23. The SMILES string of the molecule is O=C(O)Cc1cccc(C2OCCc3cn(-c4cc(Oc5c(F)cc6[nH]ccc6c5F)ccc4F)nc32)c1F. The number of fused-ring (bicyclic) bond motifs is 2. The van der Waals surface area contributed by atoms with E-state index in [1.807, 2.05) is 0 Å². The first-order valence-corrected chi connectivity index (χ1v) is 11.9. The minimum atomic E-state index is -1.18. The van der Waals surface area contributed by atoms with Crippen LogP contribution in [0, 0.1) is 23.3 Å². The van der Waals surface area contributed by atoms with Gasteiger partial charge >= 0.3 is 5.97 Å². The van der Waals surface area contributed by atoms with Crippen molar-refractivity contribution in [3.05, 3.63) is 107 Å². The van der Waals surface area contributed by atoms with Crippen LogP contribution in [0.5, 0.6) is 11.5 Å². The van der Waals surface area contributed by atoms with E-state index in [-0.39, 0.29) is 40.1 Å². The van der Waals surface area contributed by atoms with Gasteiger partial charge in [0.25, 0.3) is 0 Å². The highest BCUT2D eigenvalue weighted by Gasteiger charge is 2.30. The molecule has 2 aromatic heterocycles. The largest absolute Gasteiger partial charge is 0.481 e. The van der Waals surface area contributed by atoms with E-state index in [1.165, 1.54) is 47.3 Å². The molecule has 0 fully saturated rings. The summed E-state index contributed by atoms with van der Waals surface area (Å²) in [6.07, 6.45) is 2.02. The van der Waals surface area contributed by atoms with Crippen molar-refractivity contribution in [1.29, 1.82) is 0 Å². The van der Waals surface area contributed by atoms with Gasteiger partial charge in [0.1, 0.15) is 29.2 Å². The van der Waals surface area contributed by atoms with Crippen LogP contribution in [0.4, 0.5) is 17.6 Å². The van der Waals surface area contributed by atoms with Crippen LogP contribution < -0.4 is 4.74 Å². The highest BCUT2D eigenvalue weighted by atomic mass is 19.1. The number of aromatic nitrogens is 3. The van der Waals surface area contributed by atoms with Gasteiger partial charge in [-0.3, -0.25) is 4.79 Å². The lowest BCUT2D eigenvalue weighted by atomic mass is 9.97. The first-order chi connectivity index (χ1) is 18.8. The Bertz CT molecular complexity index is 1750. The molecule has 0 aliphatic carbocycles. The number of carbonyl (C=O) groups is 1. The number of nitrogens with zero attached hydrogens (tertiary/aromatic N) is 2. The standard InChI is InChI=1S/C28H19F4N3O4/c29-19-5-4-16(39-28-20(30)12-21-17(25(28)32)6-8-33-21)11-22(19)35-13-15-7-9-38-27(26(15)34-35)18-3-1-2-14(24(18)31)10-23(36)37/h1-6,8,11-13,27,33H,7,9-10H2,(H,36,37). The fourth-order valence-corrected chi connectivity index (χ4v) is 4.72. The minimum Gasteiger partial charge on any atom is -0.481 e. The monoisotopic (exact) mass is 537 g/mol. The van der Waals surface area contributed by atoms with Crippen molar-refractivity contribution in [3.8, 4) is 17.2 Å². The molecular formula is C28H19F4N3O4. The molecule has 0 saturated carbocycles. The number of hydrogen-bond donors (Lipinski definition) is 2. The number of halogens is 4. The lowest BCUT2D eigenvalue weighted by molar-refractivity contribution is -0.136. The second-order valence-electron chi connectivity index (χ2n) is 9.03. The van der Waals surface area contributed by atoms with Crippen LogP contribution in [0.3, 0.4) is 0 Å². The Morgan fingerprint density at radius 2 is 1.95 bits per heavy atom. The van der Waals surface area contributed by atoms with Crippen LogP contribution in [-0.2, 0) is 22.4 Å². The smallest absolute Gasteiger partial charge is 0.307 e. The molecule has 39 heavy (non-hydrogen) atoms. The summed E-state index contributed by atoms with van der Waals surface area (Å²) in [5, 5.41) is 13.7. The molecule has 0 spiro atoms. The predicted molar refractivity (Wildman–Crippen MR) is 131 cm³/mol. The Hall–Kier alpha value is -4.64. The number of carboxylic acid groups (broad SMARTS) is 1. The van der Waals surface area contributed by atoms with Crippen LogP contribution in [0.25, 0.3) is 16.6 Å². The molecule has 1 atom stereocenters. The Balaban J connectivity index is 1.36. The van der Waals surface area contributed by atoms with E-state index in [0.29, 0.717) is 17.7 Å². The van der Waals surface area contributed by atoms with E-state index in [1.54, 1.807) is 6.20 Å². The summed E-state index contributed by atoms with van der Waals surface area (Å²) in [7, 11) is 0. The third kappa shape index (κ3) is 4.40. The van der Waals surface area contributed by atoms with Crippen molar-refractivity contribution in [2.24, 2.45) is 0 Å². The summed E-state index contributed by atoms with van der Waals surface area (Å²) in [4.78, 5) is 13.8. The lowest BCUT2D eigenvalue weighted by Crippen LogP contribution is -2.19. The van der Waals surface area contributed by atoms with Crippen LogP contribution in [0.15, 0.2) is 60.9 Å². The molecule has 7 nitrogen and oxygen atoms in total. The van der Waals surface area contributed by atoms with Gasteiger partial charge in [-0.15, -0.1) is 0 Å². The number of aromatic amines is 1. The molecule has 0 bridgehead atoms. The quantitative estimate of drug-likeness (QED) is 0.260. The van der Waals surface area contributed by atoms with Gasteiger partial charge in [-0.05, 0) is 35.7 Å². The summed E-state index contributed by atoms with van der Waals surface area (Å²) >= 11 is 0. The van der Waals surface area contributed by atoms with Crippen molar-refractivity contribution in [2.75, 3.05) is 6.61 Å². The van der Waals surface area contributed by atoms with E-state index in [9.17, 15) is 18.0 Å². The van der Waals surface area contributed by atoms with Gasteiger partial charge in [0, 0.05) is 35.5 Å². The zero-order valence-electron chi connectivity index (χ0n) is 20.1. The number of ether oxygens (including phenoxy) is 2. The third-order valence-corrected chi connectivity index (χ3v) is 6.55. The fourth-order valence-electron chi connectivity index (χ4n) is 4.72. The maximum atomic E-state index is 15.2. The molecule has 6 rings (SSSR count). The predicted octanol–water partition coefficient (Wildman–Crippen LogP) is 5.99. The van der Waals surface area contributed by atoms with E-state index < -0.39 is 47.5 Å². The normalized spacial score (nSPS) is 14.9. The molecule has 0 saturated heterocycles. The molecule has 1 aliphatic rings. The number of hydrogen-bond acceptors (Lipinski definition) is 4. The summed E-state index contributed by atoms with van der Waals surface area (Å²) in [6.45, 7) is 0.234. The maximum Gasteiger partial charge on any atom is 0.307 e. The van der Waals surface area contributed by atoms with Crippen molar-refractivity contribution in [2.45, 2.75) is 18.9 Å².